The first-order valence-corrected chi connectivity index (χ1v) is 6.13. The number of rotatable bonds is 7. The van der Waals surface area contributed by atoms with E-state index >= 15 is 0 Å². The predicted molar refractivity (Wildman–Crippen MR) is 74.6 cm³/mol. The van der Waals surface area contributed by atoms with Crippen LogP contribution >= 0.6 is 0 Å². The average molecular weight is 282 g/mol. The Bertz CT molecular complexity index is 491. The summed E-state index contributed by atoms with van der Waals surface area (Å²) in [6.07, 6.45) is 1.19. The second kappa shape index (κ2) is 7.22. The molecule has 1 rings (SSSR count). The lowest BCUT2D eigenvalue weighted by atomic mass is 10.2. The standard InChI is InChI=1S/C11H18N6O3/c1-7(2)4-13-8(18)5-14-11-9(17(19)20)10(12-3)15-6-16-11/h6-7H,4-5H2,1-3H3,(H,13,18)(H2,12,14,15,16). The second-order valence-corrected chi connectivity index (χ2v) is 4.48. The molecule has 0 aliphatic heterocycles. The summed E-state index contributed by atoms with van der Waals surface area (Å²) in [5, 5.41) is 19.0. The van der Waals surface area contributed by atoms with Gasteiger partial charge in [0.05, 0.1) is 11.5 Å². The minimum Gasteiger partial charge on any atom is -0.367 e. The van der Waals surface area contributed by atoms with Crippen LogP contribution in [-0.4, -0.2) is 40.9 Å². The highest BCUT2D eigenvalue weighted by Crippen LogP contribution is 2.27. The SMILES string of the molecule is CNc1ncnc(NCC(=O)NCC(C)C)c1[N+](=O)[O-]. The lowest BCUT2D eigenvalue weighted by molar-refractivity contribution is -0.383. The van der Waals surface area contributed by atoms with Crippen molar-refractivity contribution in [3.63, 3.8) is 0 Å². The zero-order chi connectivity index (χ0) is 15.1. The number of anilines is 2. The molecule has 1 heterocycles. The largest absolute Gasteiger partial charge is 0.367 e. The molecule has 110 valence electrons. The molecule has 0 radical (unpaired) electrons. The Kier molecular flexibility index (Phi) is 5.63. The van der Waals surface area contributed by atoms with Crippen molar-refractivity contribution in [3.8, 4) is 0 Å². The van der Waals surface area contributed by atoms with Gasteiger partial charge in [-0.15, -0.1) is 0 Å². The van der Waals surface area contributed by atoms with Gasteiger partial charge in [0.15, 0.2) is 0 Å². The molecule has 1 aromatic heterocycles. The Morgan fingerprint density at radius 1 is 1.40 bits per heavy atom. The second-order valence-electron chi connectivity index (χ2n) is 4.48. The molecule has 0 spiro atoms. The summed E-state index contributed by atoms with van der Waals surface area (Å²) in [4.78, 5) is 29.5. The molecule has 0 bridgehead atoms. The van der Waals surface area contributed by atoms with Crippen LogP contribution < -0.4 is 16.0 Å². The van der Waals surface area contributed by atoms with Crippen LogP contribution in [0.1, 0.15) is 13.8 Å². The number of nitro groups is 1. The van der Waals surface area contributed by atoms with E-state index in [1.54, 1.807) is 0 Å². The maximum absolute atomic E-state index is 11.6. The Morgan fingerprint density at radius 2 is 2.05 bits per heavy atom. The van der Waals surface area contributed by atoms with Gasteiger partial charge in [-0.05, 0) is 5.92 Å². The maximum Gasteiger partial charge on any atom is 0.353 e. The molecule has 0 saturated carbocycles. The lowest BCUT2D eigenvalue weighted by Crippen LogP contribution is -2.32. The molecule has 0 fully saturated rings. The van der Waals surface area contributed by atoms with E-state index in [-0.39, 0.29) is 29.8 Å². The van der Waals surface area contributed by atoms with Crippen molar-refractivity contribution in [2.75, 3.05) is 30.8 Å². The summed E-state index contributed by atoms with van der Waals surface area (Å²) in [6, 6.07) is 0. The fourth-order valence-corrected chi connectivity index (χ4v) is 1.41. The van der Waals surface area contributed by atoms with E-state index < -0.39 is 4.92 Å². The number of amides is 1. The van der Waals surface area contributed by atoms with Gasteiger partial charge in [-0.1, -0.05) is 13.8 Å². The fraction of sp³-hybridized carbons (Fsp3) is 0.545. The molecular formula is C11H18N6O3. The molecule has 9 heteroatoms. The number of nitrogens with one attached hydrogen (secondary N) is 3. The van der Waals surface area contributed by atoms with Gasteiger partial charge in [-0.25, -0.2) is 9.97 Å². The topological polar surface area (TPSA) is 122 Å². The van der Waals surface area contributed by atoms with Crippen LogP contribution in [0.3, 0.4) is 0 Å². The van der Waals surface area contributed by atoms with E-state index in [0.717, 1.165) is 0 Å². The monoisotopic (exact) mass is 282 g/mol. The first kappa shape index (κ1) is 15.6. The highest BCUT2D eigenvalue weighted by atomic mass is 16.6. The van der Waals surface area contributed by atoms with Crippen molar-refractivity contribution in [2.24, 2.45) is 5.92 Å². The molecule has 0 aliphatic rings. The first-order chi connectivity index (χ1) is 9.45. The quantitative estimate of drug-likeness (QED) is 0.494. The van der Waals surface area contributed by atoms with Gasteiger partial charge in [-0.3, -0.25) is 14.9 Å². The molecule has 0 aromatic carbocycles. The van der Waals surface area contributed by atoms with Gasteiger partial charge in [0.1, 0.15) is 6.33 Å². The third-order valence-corrected chi connectivity index (χ3v) is 2.37. The molecule has 1 amide bonds. The maximum atomic E-state index is 11.6. The van der Waals surface area contributed by atoms with Crippen molar-refractivity contribution in [1.82, 2.24) is 15.3 Å². The molecule has 3 N–H and O–H groups in total. The molecule has 0 aliphatic carbocycles. The van der Waals surface area contributed by atoms with Crippen molar-refractivity contribution in [3.05, 3.63) is 16.4 Å². The van der Waals surface area contributed by atoms with Crippen LogP contribution in [0.2, 0.25) is 0 Å². The van der Waals surface area contributed by atoms with Crippen LogP contribution in [0.15, 0.2) is 6.33 Å². The van der Waals surface area contributed by atoms with E-state index in [2.05, 4.69) is 25.9 Å². The Morgan fingerprint density at radius 3 is 2.60 bits per heavy atom. The zero-order valence-electron chi connectivity index (χ0n) is 11.6. The van der Waals surface area contributed by atoms with Crippen LogP contribution in [0.5, 0.6) is 0 Å². The van der Waals surface area contributed by atoms with Gasteiger partial charge in [0, 0.05) is 13.6 Å². The minimum atomic E-state index is -0.597. The smallest absolute Gasteiger partial charge is 0.353 e. The summed E-state index contributed by atoms with van der Waals surface area (Å²) >= 11 is 0. The summed E-state index contributed by atoms with van der Waals surface area (Å²) in [5.74, 6) is 0.185. The number of aromatic nitrogens is 2. The molecule has 1 aromatic rings. The summed E-state index contributed by atoms with van der Waals surface area (Å²) < 4.78 is 0. The van der Waals surface area contributed by atoms with Gasteiger partial charge in [-0.2, -0.15) is 0 Å². The molecule has 20 heavy (non-hydrogen) atoms. The van der Waals surface area contributed by atoms with E-state index in [9.17, 15) is 14.9 Å². The van der Waals surface area contributed by atoms with Gasteiger partial charge < -0.3 is 16.0 Å². The number of nitrogens with zero attached hydrogens (tertiary/aromatic N) is 3. The predicted octanol–water partition coefficient (Wildman–Crippen LogP) is 0.611. The Labute approximate surface area is 116 Å². The molecule has 0 unspecified atom stereocenters. The van der Waals surface area contributed by atoms with E-state index in [0.29, 0.717) is 12.5 Å². The number of hydrogen-bond donors (Lipinski definition) is 3. The highest BCUT2D eigenvalue weighted by molar-refractivity contribution is 5.82. The average Bonchev–Trinajstić information content (AvgIpc) is 2.41. The van der Waals surface area contributed by atoms with Crippen molar-refractivity contribution in [1.29, 1.82) is 0 Å². The van der Waals surface area contributed by atoms with Gasteiger partial charge in [0.2, 0.25) is 17.5 Å². The normalized spacial score (nSPS) is 10.2. The minimum absolute atomic E-state index is 0.00838. The van der Waals surface area contributed by atoms with E-state index in [1.807, 2.05) is 13.8 Å². The lowest BCUT2D eigenvalue weighted by Gasteiger charge is -2.10. The molecule has 0 saturated heterocycles. The van der Waals surface area contributed by atoms with Crippen molar-refractivity contribution >= 4 is 23.2 Å². The molecule has 9 nitrogen and oxygen atoms in total. The third kappa shape index (κ3) is 4.34. The van der Waals surface area contributed by atoms with Crippen LogP contribution in [0.4, 0.5) is 17.3 Å². The number of carbonyl (C=O) groups is 1. The van der Waals surface area contributed by atoms with E-state index in [1.165, 1.54) is 13.4 Å². The van der Waals surface area contributed by atoms with Crippen molar-refractivity contribution < 1.29 is 9.72 Å². The van der Waals surface area contributed by atoms with Crippen LogP contribution in [0.25, 0.3) is 0 Å². The van der Waals surface area contributed by atoms with Crippen molar-refractivity contribution in [2.45, 2.75) is 13.8 Å². The fourth-order valence-electron chi connectivity index (χ4n) is 1.41. The van der Waals surface area contributed by atoms with Gasteiger partial charge >= 0.3 is 5.69 Å². The molecule has 0 atom stereocenters. The summed E-state index contributed by atoms with van der Waals surface area (Å²) in [5.41, 5.74) is -0.286. The zero-order valence-corrected chi connectivity index (χ0v) is 11.6. The van der Waals surface area contributed by atoms with Crippen LogP contribution in [-0.2, 0) is 4.79 Å². The van der Waals surface area contributed by atoms with Gasteiger partial charge in [0.25, 0.3) is 0 Å². The Balaban J connectivity index is 2.73. The number of carbonyl (C=O) groups excluding carboxylic acids is 1. The Hall–Kier alpha value is -2.45. The third-order valence-electron chi connectivity index (χ3n) is 2.37. The van der Waals surface area contributed by atoms with Crippen LogP contribution in [0, 0.1) is 16.0 Å². The first-order valence-electron chi connectivity index (χ1n) is 6.13. The highest BCUT2D eigenvalue weighted by Gasteiger charge is 2.22. The summed E-state index contributed by atoms with van der Waals surface area (Å²) in [6.45, 7) is 4.41. The number of hydrogen-bond acceptors (Lipinski definition) is 7. The molecular weight excluding hydrogens is 264 g/mol. The van der Waals surface area contributed by atoms with E-state index in [4.69, 9.17) is 0 Å². The summed E-state index contributed by atoms with van der Waals surface area (Å²) in [7, 11) is 1.52.